The highest BCUT2D eigenvalue weighted by Crippen LogP contribution is 2.18. The van der Waals surface area contributed by atoms with E-state index in [2.05, 4.69) is 0 Å². The van der Waals surface area contributed by atoms with Gasteiger partial charge in [-0.05, 0) is 18.1 Å². The summed E-state index contributed by atoms with van der Waals surface area (Å²) in [5.74, 6) is -0.480. The van der Waals surface area contributed by atoms with Crippen LogP contribution in [0, 0.1) is 5.82 Å². The normalized spacial score (nSPS) is 12.8. The standard InChI is InChI=1S/C8H8ClFO2S/c9-7-3-1-2-6(8(7)10)4-5-13(11)12/h1-3H,4-5H2,(H,11,12). The number of hydrogen-bond donors (Lipinski definition) is 1. The van der Waals surface area contributed by atoms with Crippen molar-refractivity contribution in [2.24, 2.45) is 0 Å². The SMILES string of the molecule is O=S(O)CCc1cccc(Cl)c1F. The third-order valence-electron chi connectivity index (χ3n) is 1.58. The molecule has 1 atom stereocenters. The van der Waals surface area contributed by atoms with Crippen LogP contribution in [0.4, 0.5) is 4.39 Å². The van der Waals surface area contributed by atoms with Gasteiger partial charge in [-0.25, -0.2) is 8.60 Å². The number of halogens is 2. The fourth-order valence-electron chi connectivity index (χ4n) is 0.939. The van der Waals surface area contributed by atoms with Crippen LogP contribution in [-0.4, -0.2) is 14.5 Å². The molecule has 0 fully saturated rings. The van der Waals surface area contributed by atoms with Crippen molar-refractivity contribution in [1.82, 2.24) is 0 Å². The van der Waals surface area contributed by atoms with E-state index in [1.54, 1.807) is 12.1 Å². The Bertz CT molecular complexity index is 330. The monoisotopic (exact) mass is 222 g/mol. The van der Waals surface area contributed by atoms with Crippen LogP contribution in [-0.2, 0) is 17.5 Å². The number of benzene rings is 1. The summed E-state index contributed by atoms with van der Waals surface area (Å²) in [6, 6.07) is 4.60. The summed E-state index contributed by atoms with van der Waals surface area (Å²) in [6.07, 6.45) is 0.218. The van der Waals surface area contributed by atoms with Crippen LogP contribution in [0.25, 0.3) is 0 Å². The second kappa shape index (κ2) is 4.69. The molecule has 13 heavy (non-hydrogen) atoms. The van der Waals surface area contributed by atoms with E-state index in [4.69, 9.17) is 16.2 Å². The van der Waals surface area contributed by atoms with Gasteiger partial charge in [0, 0.05) is 0 Å². The molecule has 0 saturated heterocycles. The molecule has 0 bridgehead atoms. The lowest BCUT2D eigenvalue weighted by molar-refractivity contribution is 0.562. The number of rotatable bonds is 3. The predicted molar refractivity (Wildman–Crippen MR) is 50.8 cm³/mol. The van der Waals surface area contributed by atoms with Crippen LogP contribution >= 0.6 is 11.6 Å². The highest BCUT2D eigenvalue weighted by atomic mass is 35.5. The highest BCUT2D eigenvalue weighted by Gasteiger charge is 2.06. The average molecular weight is 223 g/mol. The predicted octanol–water partition coefficient (Wildman–Crippen LogP) is 2.24. The molecule has 72 valence electrons. The van der Waals surface area contributed by atoms with Crippen LogP contribution in [0.15, 0.2) is 18.2 Å². The van der Waals surface area contributed by atoms with Crippen molar-refractivity contribution in [1.29, 1.82) is 0 Å². The molecule has 2 nitrogen and oxygen atoms in total. The fourth-order valence-corrected chi connectivity index (χ4v) is 1.53. The van der Waals surface area contributed by atoms with Gasteiger partial charge in [0.05, 0.1) is 10.8 Å². The molecular formula is C8H8ClFO2S. The topological polar surface area (TPSA) is 37.3 Å². The van der Waals surface area contributed by atoms with Crippen LogP contribution < -0.4 is 0 Å². The van der Waals surface area contributed by atoms with Crippen molar-refractivity contribution in [3.8, 4) is 0 Å². The summed E-state index contributed by atoms with van der Waals surface area (Å²) in [4.78, 5) is 0. The molecule has 0 radical (unpaired) electrons. The molecule has 0 saturated carbocycles. The van der Waals surface area contributed by atoms with E-state index >= 15 is 0 Å². The maximum Gasteiger partial charge on any atom is 0.153 e. The van der Waals surface area contributed by atoms with E-state index in [-0.39, 0.29) is 17.2 Å². The average Bonchev–Trinajstić information content (AvgIpc) is 2.07. The Morgan fingerprint density at radius 3 is 2.85 bits per heavy atom. The third kappa shape index (κ3) is 3.06. The highest BCUT2D eigenvalue weighted by molar-refractivity contribution is 7.79. The summed E-state index contributed by atoms with van der Waals surface area (Å²) in [5.41, 5.74) is 0.370. The molecule has 0 aliphatic heterocycles. The quantitative estimate of drug-likeness (QED) is 0.797. The van der Waals surface area contributed by atoms with Crippen LogP contribution in [0.3, 0.4) is 0 Å². The Kier molecular flexibility index (Phi) is 3.84. The summed E-state index contributed by atoms with van der Waals surface area (Å²) in [6.45, 7) is 0. The van der Waals surface area contributed by atoms with E-state index in [9.17, 15) is 8.60 Å². The largest absolute Gasteiger partial charge is 0.306 e. The molecule has 1 rings (SSSR count). The molecule has 0 spiro atoms. The van der Waals surface area contributed by atoms with Crippen molar-refractivity contribution in [2.45, 2.75) is 6.42 Å². The zero-order chi connectivity index (χ0) is 9.84. The van der Waals surface area contributed by atoms with Crippen molar-refractivity contribution in [3.63, 3.8) is 0 Å². The molecule has 0 aromatic heterocycles. The van der Waals surface area contributed by atoms with Crippen molar-refractivity contribution in [3.05, 3.63) is 34.6 Å². The number of aryl methyl sites for hydroxylation is 1. The Balaban J connectivity index is 2.77. The number of hydrogen-bond acceptors (Lipinski definition) is 1. The molecule has 1 unspecified atom stereocenters. The van der Waals surface area contributed by atoms with Crippen molar-refractivity contribution in [2.75, 3.05) is 5.75 Å². The fraction of sp³-hybridized carbons (Fsp3) is 0.250. The Hall–Kier alpha value is -0.450. The molecule has 0 aliphatic carbocycles. The maximum atomic E-state index is 13.1. The minimum absolute atomic E-state index is 0.0251. The minimum atomic E-state index is -1.89. The van der Waals surface area contributed by atoms with Crippen molar-refractivity contribution < 1.29 is 13.2 Å². The van der Waals surface area contributed by atoms with Crippen LogP contribution in [0.1, 0.15) is 5.56 Å². The lowest BCUT2D eigenvalue weighted by atomic mass is 10.1. The molecule has 1 N–H and O–H groups in total. The van der Waals surface area contributed by atoms with Gasteiger partial charge in [-0.15, -0.1) is 0 Å². The molecule has 1 aromatic rings. The van der Waals surface area contributed by atoms with Gasteiger partial charge in [0.25, 0.3) is 0 Å². The molecule has 5 heteroatoms. The van der Waals surface area contributed by atoms with Gasteiger partial charge < -0.3 is 4.55 Å². The summed E-state index contributed by atoms with van der Waals surface area (Å²) < 4.78 is 32.0. The van der Waals surface area contributed by atoms with E-state index in [0.717, 1.165) is 0 Å². The molecule has 1 aromatic carbocycles. The van der Waals surface area contributed by atoms with Gasteiger partial charge in [-0.2, -0.15) is 0 Å². The first-order chi connectivity index (χ1) is 6.11. The van der Waals surface area contributed by atoms with Gasteiger partial charge in [-0.3, -0.25) is 0 Å². The lowest BCUT2D eigenvalue weighted by Crippen LogP contribution is -2.01. The molecule has 0 aliphatic rings. The summed E-state index contributed by atoms with van der Waals surface area (Å²) in [5, 5.41) is 0.0428. The minimum Gasteiger partial charge on any atom is -0.306 e. The van der Waals surface area contributed by atoms with Gasteiger partial charge >= 0.3 is 0 Å². The first-order valence-electron chi connectivity index (χ1n) is 3.61. The molecule has 0 heterocycles. The zero-order valence-electron chi connectivity index (χ0n) is 6.67. The molecule has 0 amide bonds. The molecular weight excluding hydrogens is 215 g/mol. The van der Waals surface area contributed by atoms with Crippen LogP contribution in [0.5, 0.6) is 0 Å². The zero-order valence-corrected chi connectivity index (χ0v) is 8.24. The van der Waals surface area contributed by atoms with Gasteiger partial charge in [-0.1, -0.05) is 23.7 Å². The van der Waals surface area contributed by atoms with Gasteiger partial charge in [0.1, 0.15) is 5.82 Å². The second-order valence-corrected chi connectivity index (χ2v) is 3.95. The van der Waals surface area contributed by atoms with E-state index in [1.807, 2.05) is 0 Å². The maximum absolute atomic E-state index is 13.1. The smallest absolute Gasteiger partial charge is 0.153 e. The van der Waals surface area contributed by atoms with E-state index in [1.165, 1.54) is 6.07 Å². The first-order valence-corrected chi connectivity index (χ1v) is 5.27. The lowest BCUT2D eigenvalue weighted by Gasteiger charge is -2.01. The Labute approximate surface area is 83.0 Å². The summed E-state index contributed by atoms with van der Waals surface area (Å²) in [7, 11) is 0. The Morgan fingerprint density at radius 2 is 2.23 bits per heavy atom. The van der Waals surface area contributed by atoms with Crippen molar-refractivity contribution >= 4 is 22.7 Å². The van der Waals surface area contributed by atoms with E-state index in [0.29, 0.717) is 5.56 Å². The first kappa shape index (κ1) is 10.6. The summed E-state index contributed by atoms with van der Waals surface area (Å²) >= 11 is 3.63. The van der Waals surface area contributed by atoms with Gasteiger partial charge in [0.15, 0.2) is 11.1 Å². The van der Waals surface area contributed by atoms with Gasteiger partial charge in [0.2, 0.25) is 0 Å². The van der Waals surface area contributed by atoms with Crippen LogP contribution in [0.2, 0.25) is 5.02 Å². The third-order valence-corrected chi connectivity index (χ3v) is 2.42. The second-order valence-electron chi connectivity index (χ2n) is 2.49. The Morgan fingerprint density at radius 1 is 1.54 bits per heavy atom. The van der Waals surface area contributed by atoms with E-state index < -0.39 is 16.9 Å².